The van der Waals surface area contributed by atoms with Gasteiger partial charge >= 0.3 is 5.97 Å². The summed E-state index contributed by atoms with van der Waals surface area (Å²) in [7, 11) is 0. The van der Waals surface area contributed by atoms with Crippen molar-refractivity contribution in [3.63, 3.8) is 0 Å². The maximum atomic E-state index is 13.1. The van der Waals surface area contributed by atoms with Crippen LogP contribution in [-0.2, 0) is 16.0 Å². The summed E-state index contributed by atoms with van der Waals surface area (Å²) in [5, 5.41) is 21.0. The molecule has 0 aliphatic rings. The fourth-order valence-electron chi connectivity index (χ4n) is 4.00. The van der Waals surface area contributed by atoms with Crippen LogP contribution in [0.3, 0.4) is 0 Å². The van der Waals surface area contributed by atoms with E-state index in [1.807, 2.05) is 54.6 Å². The van der Waals surface area contributed by atoms with Crippen LogP contribution >= 0.6 is 11.6 Å². The van der Waals surface area contributed by atoms with Gasteiger partial charge in [0.1, 0.15) is 11.4 Å². The van der Waals surface area contributed by atoms with Crippen molar-refractivity contribution in [2.75, 3.05) is 0 Å². The molecule has 0 aliphatic heterocycles. The minimum absolute atomic E-state index is 0.0193. The Balaban J connectivity index is 1.50. The topological polar surface area (TPSA) is 117 Å². The molecule has 8 nitrogen and oxygen atoms in total. The maximum Gasteiger partial charge on any atom is 0.335 e. The van der Waals surface area contributed by atoms with Gasteiger partial charge in [-0.3, -0.25) is 14.9 Å². The number of ether oxygens (including phenoxy) is 1. The lowest BCUT2D eigenvalue weighted by atomic mass is 9.97. The Hall–Kier alpha value is -4.01. The number of halogens is 1. The summed E-state index contributed by atoms with van der Waals surface area (Å²) in [5.74, 6) is -1.14. The first-order valence-corrected chi connectivity index (χ1v) is 12.7. The SMILES string of the molecule is CC(C)OC(=O)[C@H](O)C[C@@H](Cc1ccc(-c2cccc(Cl)c2)cc1)NC(=O)c1cc(-c2ccccn2)n[nH]1. The number of pyridine rings is 1. The van der Waals surface area contributed by atoms with Crippen molar-refractivity contribution in [2.24, 2.45) is 0 Å². The van der Waals surface area contributed by atoms with Gasteiger partial charge < -0.3 is 15.2 Å². The van der Waals surface area contributed by atoms with Crippen LogP contribution in [0.15, 0.2) is 79.0 Å². The molecular weight excluding hydrogens is 504 g/mol. The zero-order valence-electron chi connectivity index (χ0n) is 21.1. The first-order chi connectivity index (χ1) is 18.3. The number of nitrogens with zero attached hydrogens (tertiary/aromatic N) is 2. The predicted octanol–water partition coefficient (Wildman–Crippen LogP) is 4.84. The minimum atomic E-state index is -1.39. The highest BCUT2D eigenvalue weighted by molar-refractivity contribution is 6.30. The molecule has 4 rings (SSSR count). The van der Waals surface area contributed by atoms with Crippen molar-refractivity contribution in [3.05, 3.63) is 95.3 Å². The van der Waals surface area contributed by atoms with Gasteiger partial charge in [0.2, 0.25) is 0 Å². The molecule has 2 aromatic heterocycles. The third-order valence-corrected chi connectivity index (χ3v) is 6.05. The van der Waals surface area contributed by atoms with Gasteiger partial charge in [-0.05, 0) is 67.3 Å². The number of hydrogen-bond acceptors (Lipinski definition) is 6. The predicted molar refractivity (Wildman–Crippen MR) is 146 cm³/mol. The molecule has 1 amide bonds. The summed E-state index contributed by atoms with van der Waals surface area (Å²) in [5.41, 5.74) is 4.31. The van der Waals surface area contributed by atoms with Crippen molar-refractivity contribution in [1.29, 1.82) is 0 Å². The van der Waals surface area contributed by atoms with Crippen LogP contribution in [0.4, 0.5) is 0 Å². The Morgan fingerprint density at radius 3 is 2.47 bits per heavy atom. The number of carbonyl (C=O) groups is 2. The molecule has 0 unspecified atom stereocenters. The molecule has 4 aromatic rings. The van der Waals surface area contributed by atoms with E-state index in [2.05, 4.69) is 20.5 Å². The van der Waals surface area contributed by atoms with Crippen molar-refractivity contribution < 1.29 is 19.4 Å². The Morgan fingerprint density at radius 1 is 1.00 bits per heavy atom. The fourth-order valence-corrected chi connectivity index (χ4v) is 4.19. The number of aliphatic hydroxyl groups is 1. The van der Waals surface area contributed by atoms with E-state index >= 15 is 0 Å². The van der Waals surface area contributed by atoms with E-state index in [0.717, 1.165) is 16.7 Å². The molecule has 38 heavy (non-hydrogen) atoms. The molecule has 0 bridgehead atoms. The number of esters is 1. The van der Waals surface area contributed by atoms with Gasteiger partial charge in [-0.2, -0.15) is 5.10 Å². The zero-order valence-corrected chi connectivity index (χ0v) is 21.9. The number of benzene rings is 2. The highest BCUT2D eigenvalue weighted by Crippen LogP contribution is 2.24. The second-order valence-electron chi connectivity index (χ2n) is 9.20. The first kappa shape index (κ1) is 27.0. The monoisotopic (exact) mass is 532 g/mol. The van der Waals surface area contributed by atoms with Crippen LogP contribution in [-0.4, -0.2) is 50.4 Å². The van der Waals surface area contributed by atoms with E-state index in [1.54, 1.807) is 38.2 Å². The van der Waals surface area contributed by atoms with Gasteiger partial charge in [0.05, 0.1) is 11.8 Å². The standard InChI is InChI=1S/C29H29ClN4O4/c1-18(2)38-29(37)27(35)16-23(14-19-9-11-20(12-10-19)21-6-5-7-22(30)15-21)32-28(36)26-17-25(33-34-26)24-8-3-4-13-31-24/h3-13,15,17-18,23,27,35H,14,16H2,1-2H3,(H,32,36)(H,33,34)/t23-,27-/m1/s1. The second kappa shape index (κ2) is 12.5. The molecule has 2 atom stereocenters. The summed E-state index contributed by atoms with van der Waals surface area (Å²) in [4.78, 5) is 29.6. The van der Waals surface area contributed by atoms with Gasteiger partial charge in [0, 0.05) is 23.7 Å². The maximum absolute atomic E-state index is 13.1. The van der Waals surface area contributed by atoms with Crippen LogP contribution in [0.25, 0.3) is 22.5 Å². The third kappa shape index (κ3) is 7.27. The normalized spacial score (nSPS) is 12.7. The fraction of sp³-hybridized carbons (Fsp3) is 0.241. The Morgan fingerprint density at radius 2 is 1.79 bits per heavy atom. The van der Waals surface area contributed by atoms with Gasteiger partial charge in [-0.1, -0.05) is 54.1 Å². The summed E-state index contributed by atoms with van der Waals surface area (Å²) in [6, 6.07) is 21.9. The summed E-state index contributed by atoms with van der Waals surface area (Å²) in [6.45, 7) is 3.42. The average Bonchev–Trinajstić information content (AvgIpc) is 3.40. The summed E-state index contributed by atoms with van der Waals surface area (Å²) >= 11 is 6.12. The Labute approximate surface area is 226 Å². The molecule has 0 fully saturated rings. The summed E-state index contributed by atoms with van der Waals surface area (Å²) < 4.78 is 5.14. The lowest BCUT2D eigenvalue weighted by molar-refractivity contribution is -0.158. The van der Waals surface area contributed by atoms with E-state index in [9.17, 15) is 14.7 Å². The van der Waals surface area contributed by atoms with E-state index in [4.69, 9.17) is 16.3 Å². The lowest BCUT2D eigenvalue weighted by Gasteiger charge is -2.22. The Kier molecular flexibility index (Phi) is 8.89. The van der Waals surface area contributed by atoms with E-state index in [0.29, 0.717) is 22.8 Å². The average molecular weight is 533 g/mol. The molecule has 2 heterocycles. The first-order valence-electron chi connectivity index (χ1n) is 12.3. The molecule has 0 radical (unpaired) electrons. The van der Waals surface area contributed by atoms with Crippen LogP contribution in [0.1, 0.15) is 36.3 Å². The number of amides is 1. The lowest BCUT2D eigenvalue weighted by Crippen LogP contribution is -2.41. The van der Waals surface area contributed by atoms with Gasteiger partial charge in [-0.15, -0.1) is 0 Å². The third-order valence-electron chi connectivity index (χ3n) is 5.81. The molecule has 0 aliphatic carbocycles. The van der Waals surface area contributed by atoms with Crippen molar-refractivity contribution >= 4 is 23.5 Å². The molecule has 9 heteroatoms. The molecule has 0 saturated carbocycles. The van der Waals surface area contributed by atoms with Crippen molar-refractivity contribution in [1.82, 2.24) is 20.5 Å². The van der Waals surface area contributed by atoms with Crippen LogP contribution in [0.2, 0.25) is 5.02 Å². The van der Waals surface area contributed by atoms with Crippen LogP contribution < -0.4 is 5.32 Å². The van der Waals surface area contributed by atoms with Crippen LogP contribution in [0, 0.1) is 0 Å². The molecule has 196 valence electrons. The smallest absolute Gasteiger partial charge is 0.335 e. The van der Waals surface area contributed by atoms with E-state index < -0.39 is 24.0 Å². The minimum Gasteiger partial charge on any atom is -0.461 e. The number of aromatic amines is 1. The number of aromatic nitrogens is 3. The van der Waals surface area contributed by atoms with Gasteiger partial charge in [-0.25, -0.2) is 4.79 Å². The van der Waals surface area contributed by atoms with Gasteiger partial charge in [0.25, 0.3) is 5.91 Å². The molecule has 2 aromatic carbocycles. The second-order valence-corrected chi connectivity index (χ2v) is 9.64. The van der Waals surface area contributed by atoms with Crippen LogP contribution in [0.5, 0.6) is 0 Å². The van der Waals surface area contributed by atoms with Crippen molar-refractivity contribution in [3.8, 4) is 22.5 Å². The number of aliphatic hydroxyl groups excluding tert-OH is 1. The van der Waals surface area contributed by atoms with E-state index in [1.165, 1.54) is 0 Å². The number of rotatable bonds is 10. The van der Waals surface area contributed by atoms with E-state index in [-0.39, 0.29) is 18.2 Å². The Bertz CT molecular complexity index is 1370. The summed E-state index contributed by atoms with van der Waals surface area (Å²) in [6.07, 6.45) is 0.261. The molecule has 0 spiro atoms. The quantitative estimate of drug-likeness (QED) is 0.252. The zero-order chi connectivity index (χ0) is 27.1. The largest absolute Gasteiger partial charge is 0.461 e. The van der Waals surface area contributed by atoms with Gasteiger partial charge in [0.15, 0.2) is 6.10 Å². The van der Waals surface area contributed by atoms with Crippen molar-refractivity contribution in [2.45, 2.75) is 44.9 Å². The molecule has 0 saturated heterocycles. The number of carbonyl (C=O) groups excluding carboxylic acids is 2. The number of H-pyrrole nitrogens is 1. The molecular formula is C29H29ClN4O4. The highest BCUT2D eigenvalue weighted by Gasteiger charge is 2.25. The number of hydrogen-bond donors (Lipinski definition) is 3. The highest BCUT2D eigenvalue weighted by atomic mass is 35.5. The molecule has 3 N–H and O–H groups in total. The number of nitrogens with one attached hydrogen (secondary N) is 2.